The first-order valence-electron chi connectivity index (χ1n) is 5.49. The van der Waals surface area contributed by atoms with Gasteiger partial charge in [-0.25, -0.2) is 0 Å². The van der Waals surface area contributed by atoms with Gasteiger partial charge in [-0.3, -0.25) is 4.79 Å². The van der Waals surface area contributed by atoms with Crippen molar-refractivity contribution in [1.29, 1.82) is 0 Å². The normalized spacial score (nSPS) is 12.1. The quantitative estimate of drug-likeness (QED) is 0.856. The molecule has 1 amide bonds. The Bertz CT molecular complexity index is 569. The molecule has 4 heteroatoms. The number of anilines is 1. The van der Waals surface area contributed by atoms with Crippen molar-refractivity contribution in [2.45, 2.75) is 5.92 Å². The highest BCUT2D eigenvalue weighted by atomic mass is 79.9. The Balaban J connectivity index is 2.55. The molecule has 0 aliphatic heterocycles. The Morgan fingerprint density at radius 3 is 2.39 bits per heavy atom. The second kappa shape index (κ2) is 5.23. The average Bonchev–Trinajstić information content (AvgIpc) is 2.35. The average molecular weight is 305 g/mol. The van der Waals surface area contributed by atoms with E-state index >= 15 is 0 Å². The Hall–Kier alpha value is -1.81. The topological polar surface area (TPSA) is 69.1 Å². The Kier molecular flexibility index (Phi) is 3.67. The van der Waals surface area contributed by atoms with E-state index in [1.807, 2.05) is 42.5 Å². The van der Waals surface area contributed by atoms with Gasteiger partial charge in [0.05, 0.1) is 5.92 Å². The first kappa shape index (κ1) is 12.6. The molecule has 0 heterocycles. The molecule has 0 aromatic heterocycles. The number of nitrogens with two attached hydrogens (primary N) is 2. The lowest BCUT2D eigenvalue weighted by molar-refractivity contribution is -0.118. The van der Waals surface area contributed by atoms with Crippen molar-refractivity contribution in [3.63, 3.8) is 0 Å². The Morgan fingerprint density at radius 2 is 1.78 bits per heavy atom. The van der Waals surface area contributed by atoms with Crippen LogP contribution in [0, 0.1) is 0 Å². The molecule has 92 valence electrons. The Morgan fingerprint density at radius 1 is 1.11 bits per heavy atom. The summed E-state index contributed by atoms with van der Waals surface area (Å²) in [6, 6.07) is 14.8. The molecule has 0 radical (unpaired) electrons. The van der Waals surface area contributed by atoms with Gasteiger partial charge in [0.15, 0.2) is 0 Å². The van der Waals surface area contributed by atoms with Gasteiger partial charge in [0.2, 0.25) is 5.91 Å². The van der Waals surface area contributed by atoms with Crippen LogP contribution >= 0.6 is 15.9 Å². The molecular weight excluding hydrogens is 292 g/mol. The summed E-state index contributed by atoms with van der Waals surface area (Å²) in [4.78, 5) is 11.7. The number of amides is 1. The van der Waals surface area contributed by atoms with Crippen LogP contribution in [0.25, 0.3) is 0 Å². The van der Waals surface area contributed by atoms with Crippen LogP contribution in [-0.2, 0) is 4.79 Å². The van der Waals surface area contributed by atoms with Crippen LogP contribution in [0.15, 0.2) is 53.0 Å². The molecule has 0 saturated carbocycles. The SMILES string of the molecule is NC(=O)C(c1ccccc1)c1cc(Br)ccc1N. The summed E-state index contributed by atoms with van der Waals surface area (Å²) in [5.74, 6) is -0.935. The van der Waals surface area contributed by atoms with Crippen molar-refractivity contribution in [2.24, 2.45) is 5.73 Å². The molecule has 4 N–H and O–H groups in total. The molecule has 0 spiro atoms. The van der Waals surface area contributed by atoms with E-state index in [0.29, 0.717) is 5.69 Å². The molecule has 18 heavy (non-hydrogen) atoms. The van der Waals surface area contributed by atoms with E-state index in [1.165, 1.54) is 0 Å². The van der Waals surface area contributed by atoms with Crippen LogP contribution in [0.5, 0.6) is 0 Å². The number of hydrogen-bond acceptors (Lipinski definition) is 2. The van der Waals surface area contributed by atoms with Crippen molar-refractivity contribution < 1.29 is 4.79 Å². The van der Waals surface area contributed by atoms with E-state index in [9.17, 15) is 4.79 Å². The third-order valence-corrected chi connectivity index (χ3v) is 3.27. The maximum absolute atomic E-state index is 11.7. The molecule has 0 aliphatic rings. The molecule has 3 nitrogen and oxygen atoms in total. The lowest BCUT2D eigenvalue weighted by Gasteiger charge is -2.16. The minimum atomic E-state index is -0.524. The molecule has 2 aromatic carbocycles. The first-order valence-corrected chi connectivity index (χ1v) is 6.28. The van der Waals surface area contributed by atoms with Gasteiger partial charge in [-0.15, -0.1) is 0 Å². The smallest absolute Gasteiger partial charge is 0.229 e. The minimum Gasteiger partial charge on any atom is -0.398 e. The summed E-state index contributed by atoms with van der Waals surface area (Å²) in [5.41, 5.74) is 13.6. The van der Waals surface area contributed by atoms with Crippen molar-refractivity contribution in [3.8, 4) is 0 Å². The number of carbonyl (C=O) groups is 1. The predicted octanol–water partition coefficient (Wildman–Crippen LogP) is 2.65. The van der Waals surface area contributed by atoms with Gasteiger partial charge >= 0.3 is 0 Å². The third kappa shape index (κ3) is 2.54. The van der Waals surface area contributed by atoms with Crippen LogP contribution < -0.4 is 11.5 Å². The number of rotatable bonds is 3. The summed E-state index contributed by atoms with van der Waals surface area (Å²) in [5, 5.41) is 0. The summed E-state index contributed by atoms with van der Waals surface area (Å²) in [6.07, 6.45) is 0. The summed E-state index contributed by atoms with van der Waals surface area (Å²) in [7, 11) is 0. The monoisotopic (exact) mass is 304 g/mol. The summed E-state index contributed by atoms with van der Waals surface area (Å²) in [6.45, 7) is 0. The lowest BCUT2D eigenvalue weighted by Crippen LogP contribution is -2.23. The first-order chi connectivity index (χ1) is 8.59. The molecular formula is C14H13BrN2O. The number of carbonyl (C=O) groups excluding carboxylic acids is 1. The highest BCUT2D eigenvalue weighted by Crippen LogP contribution is 2.30. The fraction of sp³-hybridized carbons (Fsp3) is 0.0714. The van der Waals surface area contributed by atoms with Crippen LogP contribution in [0.2, 0.25) is 0 Å². The standard InChI is InChI=1S/C14H13BrN2O/c15-10-6-7-12(16)11(8-10)13(14(17)18)9-4-2-1-3-5-9/h1-8,13H,16H2,(H2,17,18). The van der Waals surface area contributed by atoms with E-state index in [1.54, 1.807) is 6.07 Å². The second-order valence-corrected chi connectivity index (χ2v) is 4.93. The van der Waals surface area contributed by atoms with Gasteiger partial charge in [-0.05, 0) is 29.3 Å². The minimum absolute atomic E-state index is 0.411. The number of nitrogen functional groups attached to an aromatic ring is 1. The van der Waals surface area contributed by atoms with Crippen molar-refractivity contribution >= 4 is 27.5 Å². The highest BCUT2D eigenvalue weighted by Gasteiger charge is 2.22. The predicted molar refractivity (Wildman–Crippen MR) is 76.0 cm³/mol. The maximum Gasteiger partial charge on any atom is 0.229 e. The number of primary amides is 1. The molecule has 0 fully saturated rings. The van der Waals surface area contributed by atoms with Crippen LogP contribution in [0.3, 0.4) is 0 Å². The number of hydrogen-bond donors (Lipinski definition) is 2. The van der Waals surface area contributed by atoms with E-state index in [2.05, 4.69) is 15.9 Å². The van der Waals surface area contributed by atoms with Crippen LogP contribution in [0.1, 0.15) is 17.0 Å². The van der Waals surface area contributed by atoms with Gasteiger partial charge in [0, 0.05) is 10.2 Å². The van der Waals surface area contributed by atoms with Crippen molar-refractivity contribution in [2.75, 3.05) is 5.73 Å². The fourth-order valence-corrected chi connectivity index (χ4v) is 2.32. The molecule has 2 rings (SSSR count). The van der Waals surface area contributed by atoms with E-state index in [0.717, 1.165) is 15.6 Å². The van der Waals surface area contributed by atoms with Gasteiger partial charge in [0.25, 0.3) is 0 Å². The molecule has 2 aromatic rings. The fourth-order valence-electron chi connectivity index (χ4n) is 1.94. The van der Waals surface area contributed by atoms with Gasteiger partial charge in [0.1, 0.15) is 0 Å². The third-order valence-electron chi connectivity index (χ3n) is 2.78. The van der Waals surface area contributed by atoms with Crippen LogP contribution in [0.4, 0.5) is 5.69 Å². The summed E-state index contributed by atoms with van der Waals surface area (Å²) < 4.78 is 0.869. The largest absolute Gasteiger partial charge is 0.398 e. The Labute approximate surface area is 114 Å². The van der Waals surface area contributed by atoms with E-state index < -0.39 is 11.8 Å². The van der Waals surface area contributed by atoms with E-state index in [4.69, 9.17) is 11.5 Å². The van der Waals surface area contributed by atoms with Gasteiger partial charge in [-0.2, -0.15) is 0 Å². The molecule has 0 bridgehead atoms. The van der Waals surface area contributed by atoms with Crippen molar-refractivity contribution in [3.05, 3.63) is 64.1 Å². The van der Waals surface area contributed by atoms with Gasteiger partial charge in [-0.1, -0.05) is 46.3 Å². The summed E-state index contributed by atoms with van der Waals surface area (Å²) >= 11 is 3.38. The molecule has 0 saturated heterocycles. The molecule has 1 atom stereocenters. The van der Waals surface area contributed by atoms with E-state index in [-0.39, 0.29) is 0 Å². The number of benzene rings is 2. The zero-order valence-electron chi connectivity index (χ0n) is 9.64. The second-order valence-electron chi connectivity index (χ2n) is 4.02. The number of halogens is 1. The van der Waals surface area contributed by atoms with Gasteiger partial charge < -0.3 is 11.5 Å². The molecule has 0 aliphatic carbocycles. The lowest BCUT2D eigenvalue weighted by atomic mass is 9.90. The zero-order chi connectivity index (χ0) is 13.1. The maximum atomic E-state index is 11.7. The van der Waals surface area contributed by atoms with Crippen LogP contribution in [-0.4, -0.2) is 5.91 Å². The molecule has 1 unspecified atom stereocenters. The highest BCUT2D eigenvalue weighted by molar-refractivity contribution is 9.10. The zero-order valence-corrected chi connectivity index (χ0v) is 11.2. The van der Waals surface area contributed by atoms with Crippen molar-refractivity contribution in [1.82, 2.24) is 0 Å².